The molecule has 1 aliphatic heterocycles. The van der Waals surface area contributed by atoms with Crippen LogP contribution < -0.4 is 10.6 Å². The first-order valence-corrected chi connectivity index (χ1v) is 12.2. The number of carbonyl (C=O) groups excluding carboxylic acids is 1. The van der Waals surface area contributed by atoms with Crippen LogP contribution in [0.15, 0.2) is 29.2 Å². The van der Waals surface area contributed by atoms with Gasteiger partial charge in [0, 0.05) is 18.8 Å². The van der Waals surface area contributed by atoms with E-state index in [0.29, 0.717) is 38.0 Å². The molecule has 29 heavy (non-hydrogen) atoms. The van der Waals surface area contributed by atoms with Crippen LogP contribution in [0, 0.1) is 0 Å². The van der Waals surface area contributed by atoms with Gasteiger partial charge in [-0.1, -0.05) is 19.3 Å². The Morgan fingerprint density at radius 1 is 1.07 bits per heavy atom. The smallest absolute Gasteiger partial charge is 0.282 e. The van der Waals surface area contributed by atoms with E-state index in [1.165, 1.54) is 49.3 Å². The summed E-state index contributed by atoms with van der Waals surface area (Å²) in [5.74, 6) is -0.0455. The standard InChI is InChI=1S/C21H33N3O4S/c1-17(22-18-7-5-3-2-4-6-8-18)21(25)23-19-9-11-20(12-10-19)29(26,27)24-13-15-28-16-14-24/h9-12,17-18,22H,2-8,13-16H2,1H3,(H,23,25)/p+1/t17-/m1/s1. The molecule has 162 valence electrons. The van der Waals surface area contributed by atoms with Gasteiger partial charge in [-0.15, -0.1) is 0 Å². The van der Waals surface area contributed by atoms with E-state index < -0.39 is 10.0 Å². The maximum atomic E-state index is 12.7. The lowest BCUT2D eigenvalue weighted by atomic mass is 9.96. The number of morpholine rings is 1. The summed E-state index contributed by atoms with van der Waals surface area (Å²) in [6, 6.07) is 6.78. The first kappa shape index (κ1) is 22.2. The Hall–Kier alpha value is -1.48. The topological polar surface area (TPSA) is 92.3 Å². The Bertz CT molecular complexity index is 753. The van der Waals surface area contributed by atoms with Crippen molar-refractivity contribution >= 4 is 21.6 Å². The highest BCUT2D eigenvalue weighted by molar-refractivity contribution is 7.89. The van der Waals surface area contributed by atoms with Crippen LogP contribution in [0.1, 0.15) is 51.9 Å². The first-order chi connectivity index (χ1) is 14.0. The molecule has 1 aromatic carbocycles. The molecule has 0 radical (unpaired) electrons. The number of sulfonamides is 1. The normalized spacial score (nSPS) is 21.1. The minimum Gasteiger partial charge on any atom is -0.379 e. The fourth-order valence-corrected chi connectivity index (χ4v) is 5.49. The molecule has 3 N–H and O–H groups in total. The minimum atomic E-state index is -3.51. The summed E-state index contributed by atoms with van der Waals surface area (Å²) in [7, 11) is -3.51. The van der Waals surface area contributed by atoms with Gasteiger partial charge < -0.3 is 15.4 Å². The maximum Gasteiger partial charge on any atom is 0.282 e. The van der Waals surface area contributed by atoms with Crippen molar-refractivity contribution in [2.75, 3.05) is 31.6 Å². The van der Waals surface area contributed by atoms with Crippen molar-refractivity contribution < 1.29 is 23.3 Å². The Labute approximate surface area is 174 Å². The van der Waals surface area contributed by atoms with Crippen molar-refractivity contribution in [3.05, 3.63) is 24.3 Å². The molecule has 2 fully saturated rings. The molecule has 1 saturated heterocycles. The molecule has 7 nitrogen and oxygen atoms in total. The average Bonchev–Trinajstić information content (AvgIpc) is 2.71. The van der Waals surface area contributed by atoms with Gasteiger partial charge in [-0.3, -0.25) is 4.79 Å². The number of rotatable bonds is 6. The number of nitrogens with zero attached hydrogens (tertiary/aromatic N) is 1. The quantitative estimate of drug-likeness (QED) is 0.727. The molecule has 1 saturated carbocycles. The second kappa shape index (κ2) is 10.5. The summed E-state index contributed by atoms with van der Waals surface area (Å²) >= 11 is 0. The van der Waals surface area contributed by atoms with Gasteiger partial charge in [-0.25, -0.2) is 8.42 Å². The predicted octanol–water partition coefficient (Wildman–Crippen LogP) is 1.71. The Balaban J connectivity index is 1.55. The third kappa shape index (κ3) is 6.25. The Morgan fingerprint density at radius 3 is 2.28 bits per heavy atom. The molecule has 1 heterocycles. The summed E-state index contributed by atoms with van der Waals surface area (Å²) < 4.78 is 32.0. The van der Waals surface area contributed by atoms with Crippen LogP contribution in [0.25, 0.3) is 0 Å². The van der Waals surface area contributed by atoms with E-state index in [9.17, 15) is 13.2 Å². The van der Waals surface area contributed by atoms with Gasteiger partial charge in [0.15, 0.2) is 6.04 Å². The number of hydrogen-bond acceptors (Lipinski definition) is 4. The van der Waals surface area contributed by atoms with E-state index in [1.807, 2.05) is 6.92 Å². The molecule has 0 unspecified atom stereocenters. The van der Waals surface area contributed by atoms with Crippen LogP contribution >= 0.6 is 0 Å². The molecular formula is C21H34N3O4S+. The van der Waals surface area contributed by atoms with Crippen molar-refractivity contribution in [3.8, 4) is 0 Å². The Kier molecular flexibility index (Phi) is 8.06. The second-order valence-corrected chi connectivity index (χ2v) is 10.1. The molecule has 2 aliphatic rings. The Morgan fingerprint density at radius 2 is 1.66 bits per heavy atom. The number of hydrogen-bond donors (Lipinski definition) is 2. The SMILES string of the molecule is C[C@@H]([NH2+]C1CCCCCCC1)C(=O)Nc1ccc(S(=O)(=O)N2CCOCC2)cc1. The molecule has 3 rings (SSSR count). The molecule has 8 heteroatoms. The third-order valence-electron chi connectivity index (χ3n) is 5.85. The number of ether oxygens (including phenoxy) is 1. The van der Waals surface area contributed by atoms with Crippen LogP contribution in [0.2, 0.25) is 0 Å². The second-order valence-electron chi connectivity index (χ2n) is 8.12. The lowest BCUT2D eigenvalue weighted by Crippen LogP contribution is -2.96. The van der Waals surface area contributed by atoms with Gasteiger partial charge >= 0.3 is 0 Å². The number of nitrogens with one attached hydrogen (secondary N) is 1. The highest BCUT2D eigenvalue weighted by Gasteiger charge is 2.26. The molecule has 1 aromatic rings. The van der Waals surface area contributed by atoms with E-state index >= 15 is 0 Å². The van der Waals surface area contributed by atoms with E-state index in [4.69, 9.17) is 4.74 Å². The van der Waals surface area contributed by atoms with Crippen molar-refractivity contribution in [2.45, 2.75) is 68.8 Å². The van der Waals surface area contributed by atoms with Crippen molar-refractivity contribution in [3.63, 3.8) is 0 Å². The number of anilines is 1. The predicted molar refractivity (Wildman–Crippen MR) is 112 cm³/mol. The average molecular weight is 425 g/mol. The van der Waals surface area contributed by atoms with Gasteiger partial charge in [-0.2, -0.15) is 4.31 Å². The highest BCUT2D eigenvalue weighted by Crippen LogP contribution is 2.19. The summed E-state index contributed by atoms with van der Waals surface area (Å²) in [6.07, 6.45) is 8.76. The highest BCUT2D eigenvalue weighted by atomic mass is 32.2. The molecule has 0 bridgehead atoms. The first-order valence-electron chi connectivity index (χ1n) is 10.8. The van der Waals surface area contributed by atoms with Crippen LogP contribution in [0.5, 0.6) is 0 Å². The monoisotopic (exact) mass is 424 g/mol. The number of nitrogens with two attached hydrogens (primary N) is 1. The maximum absolute atomic E-state index is 12.7. The fourth-order valence-electron chi connectivity index (χ4n) is 4.08. The zero-order chi connectivity index (χ0) is 20.7. The molecule has 1 aliphatic carbocycles. The van der Waals surface area contributed by atoms with Gasteiger partial charge in [-0.05, 0) is 56.9 Å². The summed E-state index contributed by atoms with van der Waals surface area (Å²) in [5, 5.41) is 5.11. The van der Waals surface area contributed by atoms with E-state index in [0.717, 1.165) is 0 Å². The van der Waals surface area contributed by atoms with Crippen molar-refractivity contribution in [1.29, 1.82) is 0 Å². The van der Waals surface area contributed by atoms with Crippen LogP contribution in [-0.2, 0) is 19.6 Å². The largest absolute Gasteiger partial charge is 0.379 e. The van der Waals surface area contributed by atoms with Gasteiger partial charge in [0.05, 0.1) is 24.2 Å². The lowest BCUT2D eigenvalue weighted by molar-refractivity contribution is -0.707. The molecular weight excluding hydrogens is 390 g/mol. The number of benzene rings is 1. The summed E-state index contributed by atoms with van der Waals surface area (Å²) in [4.78, 5) is 12.8. The fraction of sp³-hybridized carbons (Fsp3) is 0.667. The zero-order valence-corrected chi connectivity index (χ0v) is 18.1. The van der Waals surface area contributed by atoms with Gasteiger partial charge in [0.25, 0.3) is 5.91 Å². The molecule has 0 spiro atoms. The zero-order valence-electron chi connectivity index (χ0n) is 17.3. The minimum absolute atomic E-state index is 0.0455. The number of carbonyl (C=O) groups is 1. The van der Waals surface area contributed by atoms with Gasteiger partial charge in [0.1, 0.15) is 0 Å². The van der Waals surface area contributed by atoms with Crippen LogP contribution in [0.3, 0.4) is 0 Å². The summed E-state index contributed by atoms with van der Waals surface area (Å²) in [6.45, 7) is 3.52. The third-order valence-corrected chi connectivity index (χ3v) is 7.77. The van der Waals surface area contributed by atoms with Crippen LogP contribution in [0.4, 0.5) is 5.69 Å². The molecule has 0 aromatic heterocycles. The van der Waals surface area contributed by atoms with Gasteiger partial charge in [0.2, 0.25) is 10.0 Å². The number of quaternary nitrogens is 1. The van der Waals surface area contributed by atoms with E-state index in [-0.39, 0.29) is 16.8 Å². The van der Waals surface area contributed by atoms with E-state index in [1.54, 1.807) is 24.3 Å². The van der Waals surface area contributed by atoms with Crippen molar-refractivity contribution in [2.24, 2.45) is 0 Å². The molecule has 1 atom stereocenters. The lowest BCUT2D eigenvalue weighted by Gasteiger charge is -2.26. The van der Waals surface area contributed by atoms with E-state index in [2.05, 4.69) is 10.6 Å². The van der Waals surface area contributed by atoms with Crippen molar-refractivity contribution in [1.82, 2.24) is 4.31 Å². The summed E-state index contributed by atoms with van der Waals surface area (Å²) in [5.41, 5.74) is 0.619. The number of amides is 1. The van der Waals surface area contributed by atoms with Crippen LogP contribution in [-0.4, -0.2) is 57.0 Å². The molecule has 1 amide bonds.